The Kier molecular flexibility index (Phi) is 5.59. The number of hydrogen-bond donors (Lipinski definition) is 1. The molecule has 0 spiro atoms. The molecular formula is C21H20N2O3. The number of amides is 1. The number of carbonyl (C=O) groups excluding carboxylic acids is 2. The molecule has 0 fully saturated rings. The fourth-order valence-electron chi connectivity index (χ4n) is 2.77. The molecule has 0 aliphatic carbocycles. The van der Waals surface area contributed by atoms with Gasteiger partial charge in [-0.25, -0.2) is 9.78 Å². The lowest BCUT2D eigenvalue weighted by molar-refractivity contribution is -0.143. The van der Waals surface area contributed by atoms with Crippen LogP contribution >= 0.6 is 0 Å². The van der Waals surface area contributed by atoms with E-state index in [1.807, 2.05) is 60.7 Å². The minimum absolute atomic E-state index is 0.275. The van der Waals surface area contributed by atoms with Crippen LogP contribution in [0.25, 0.3) is 10.9 Å². The average molecular weight is 348 g/mol. The smallest absolute Gasteiger partial charge is 0.328 e. The van der Waals surface area contributed by atoms with Gasteiger partial charge in [-0.2, -0.15) is 0 Å². The number of hydrogen-bond acceptors (Lipinski definition) is 4. The number of nitrogens with one attached hydrogen (secondary N) is 1. The van der Waals surface area contributed by atoms with Crippen LogP contribution in [0, 0.1) is 0 Å². The summed E-state index contributed by atoms with van der Waals surface area (Å²) in [4.78, 5) is 29.0. The lowest BCUT2D eigenvalue weighted by Gasteiger charge is -2.16. The normalized spacial score (nSPS) is 11.7. The second-order valence-corrected chi connectivity index (χ2v) is 5.96. The fourth-order valence-corrected chi connectivity index (χ4v) is 2.77. The molecule has 1 heterocycles. The average Bonchev–Trinajstić information content (AvgIpc) is 2.70. The third-order valence-electron chi connectivity index (χ3n) is 4.19. The first-order valence-electron chi connectivity index (χ1n) is 8.46. The number of fused-ring (bicyclic) bond motifs is 1. The number of benzene rings is 2. The second kappa shape index (κ2) is 8.25. The van der Waals surface area contributed by atoms with E-state index in [9.17, 15) is 9.59 Å². The van der Waals surface area contributed by atoms with E-state index in [2.05, 4.69) is 10.3 Å². The number of esters is 1. The molecule has 0 unspecified atom stereocenters. The molecule has 5 heteroatoms. The van der Waals surface area contributed by atoms with E-state index in [-0.39, 0.29) is 11.6 Å². The van der Waals surface area contributed by atoms with Crippen molar-refractivity contribution in [3.63, 3.8) is 0 Å². The maximum Gasteiger partial charge on any atom is 0.328 e. The van der Waals surface area contributed by atoms with Crippen LogP contribution < -0.4 is 5.32 Å². The van der Waals surface area contributed by atoms with Crippen molar-refractivity contribution in [3.8, 4) is 0 Å². The van der Waals surface area contributed by atoms with Crippen LogP contribution in [0.3, 0.4) is 0 Å². The summed E-state index contributed by atoms with van der Waals surface area (Å²) in [5.74, 6) is -0.853. The number of ether oxygens (including phenoxy) is 1. The number of aromatic nitrogens is 1. The van der Waals surface area contributed by atoms with Gasteiger partial charge in [0.05, 0.1) is 12.6 Å². The molecule has 5 nitrogen and oxygen atoms in total. The summed E-state index contributed by atoms with van der Waals surface area (Å²) in [6, 6.07) is 20.1. The van der Waals surface area contributed by atoms with E-state index in [1.165, 1.54) is 7.11 Å². The molecule has 3 rings (SSSR count). The Hall–Kier alpha value is -3.21. The summed E-state index contributed by atoms with van der Waals surface area (Å²) in [6.45, 7) is 0. The summed E-state index contributed by atoms with van der Waals surface area (Å²) in [6.07, 6.45) is 1.11. The van der Waals surface area contributed by atoms with Gasteiger partial charge in [0.2, 0.25) is 0 Å². The van der Waals surface area contributed by atoms with E-state index < -0.39 is 12.0 Å². The number of aryl methyl sites for hydroxylation is 1. The van der Waals surface area contributed by atoms with Crippen LogP contribution in [0.4, 0.5) is 0 Å². The topological polar surface area (TPSA) is 68.3 Å². The second-order valence-electron chi connectivity index (χ2n) is 5.96. The summed E-state index contributed by atoms with van der Waals surface area (Å²) in [5.41, 5.74) is 2.11. The Balaban J connectivity index is 1.72. The van der Waals surface area contributed by atoms with Gasteiger partial charge >= 0.3 is 5.97 Å². The lowest BCUT2D eigenvalue weighted by Crippen LogP contribution is -2.42. The Bertz CT molecular complexity index is 909. The monoisotopic (exact) mass is 348 g/mol. The molecule has 0 saturated carbocycles. The van der Waals surface area contributed by atoms with Gasteiger partial charge in [0, 0.05) is 5.39 Å². The van der Waals surface area contributed by atoms with Crippen LogP contribution in [-0.2, 0) is 16.0 Å². The molecule has 2 aromatic carbocycles. The standard InChI is InChI=1S/C21H20N2O3/c1-26-21(25)19(13-11-15-7-3-2-4-8-15)23-20(24)18-14-12-16-9-5-6-10-17(16)22-18/h2-10,12,14,19H,11,13H2,1H3,(H,23,24)/t19-/m0/s1. The Morgan fingerprint density at radius 1 is 1.00 bits per heavy atom. The molecule has 1 aromatic heterocycles. The van der Waals surface area contributed by atoms with Crippen molar-refractivity contribution in [3.05, 3.63) is 78.0 Å². The SMILES string of the molecule is COC(=O)[C@H](CCc1ccccc1)NC(=O)c1ccc2ccccc2n1. The lowest BCUT2D eigenvalue weighted by atomic mass is 10.0. The number of nitrogens with zero attached hydrogens (tertiary/aromatic N) is 1. The van der Waals surface area contributed by atoms with Gasteiger partial charge < -0.3 is 10.1 Å². The highest BCUT2D eigenvalue weighted by atomic mass is 16.5. The third-order valence-corrected chi connectivity index (χ3v) is 4.19. The van der Waals surface area contributed by atoms with Crippen molar-refractivity contribution in [1.29, 1.82) is 0 Å². The van der Waals surface area contributed by atoms with Gasteiger partial charge in [0.15, 0.2) is 0 Å². The number of pyridine rings is 1. The number of para-hydroxylation sites is 1. The molecule has 0 saturated heterocycles. The van der Waals surface area contributed by atoms with Crippen LogP contribution in [0.5, 0.6) is 0 Å². The number of carbonyl (C=O) groups is 2. The maximum absolute atomic E-state index is 12.5. The third kappa shape index (κ3) is 4.25. The predicted octanol–water partition coefficient (Wildman–Crippen LogP) is 3.14. The highest BCUT2D eigenvalue weighted by Gasteiger charge is 2.22. The fraction of sp³-hybridized carbons (Fsp3) is 0.190. The first kappa shape index (κ1) is 17.6. The number of rotatable bonds is 6. The van der Waals surface area contributed by atoms with Gasteiger partial charge in [-0.05, 0) is 30.5 Å². The quantitative estimate of drug-likeness (QED) is 0.695. The van der Waals surface area contributed by atoms with Gasteiger partial charge in [0.1, 0.15) is 11.7 Å². The van der Waals surface area contributed by atoms with Gasteiger partial charge in [0.25, 0.3) is 5.91 Å². The van der Waals surface area contributed by atoms with E-state index >= 15 is 0 Å². The number of methoxy groups -OCH3 is 1. The van der Waals surface area contributed by atoms with Crippen LogP contribution in [0.15, 0.2) is 66.7 Å². The molecule has 132 valence electrons. The van der Waals surface area contributed by atoms with E-state index in [0.717, 1.165) is 16.5 Å². The van der Waals surface area contributed by atoms with Crippen molar-refractivity contribution in [1.82, 2.24) is 10.3 Å². The van der Waals surface area contributed by atoms with Crippen LogP contribution in [-0.4, -0.2) is 30.0 Å². The van der Waals surface area contributed by atoms with Crippen molar-refractivity contribution < 1.29 is 14.3 Å². The minimum Gasteiger partial charge on any atom is -0.467 e. The maximum atomic E-state index is 12.5. The summed E-state index contributed by atoms with van der Waals surface area (Å²) in [5, 5.41) is 3.70. The summed E-state index contributed by atoms with van der Waals surface area (Å²) < 4.78 is 4.83. The van der Waals surface area contributed by atoms with Crippen molar-refractivity contribution in [2.75, 3.05) is 7.11 Å². The molecule has 0 bridgehead atoms. The molecule has 0 aliphatic heterocycles. The molecule has 26 heavy (non-hydrogen) atoms. The highest BCUT2D eigenvalue weighted by molar-refractivity contribution is 5.97. The zero-order valence-corrected chi connectivity index (χ0v) is 14.5. The molecule has 0 radical (unpaired) electrons. The Morgan fingerprint density at radius 3 is 2.50 bits per heavy atom. The van der Waals surface area contributed by atoms with Crippen molar-refractivity contribution in [2.45, 2.75) is 18.9 Å². The highest BCUT2D eigenvalue weighted by Crippen LogP contribution is 2.12. The van der Waals surface area contributed by atoms with Gasteiger partial charge in [-0.1, -0.05) is 54.6 Å². The minimum atomic E-state index is -0.721. The molecular weight excluding hydrogens is 328 g/mol. The molecule has 1 amide bonds. The summed E-state index contributed by atoms with van der Waals surface area (Å²) >= 11 is 0. The van der Waals surface area contributed by atoms with E-state index in [1.54, 1.807) is 6.07 Å². The van der Waals surface area contributed by atoms with Crippen LogP contribution in [0.2, 0.25) is 0 Å². The predicted molar refractivity (Wildman–Crippen MR) is 99.8 cm³/mol. The largest absolute Gasteiger partial charge is 0.467 e. The van der Waals surface area contributed by atoms with E-state index in [4.69, 9.17) is 4.74 Å². The van der Waals surface area contributed by atoms with Crippen molar-refractivity contribution in [2.24, 2.45) is 0 Å². The first-order valence-corrected chi connectivity index (χ1v) is 8.46. The molecule has 0 aliphatic rings. The van der Waals surface area contributed by atoms with Crippen molar-refractivity contribution >= 4 is 22.8 Å². The molecule has 1 atom stereocenters. The van der Waals surface area contributed by atoms with Crippen LogP contribution in [0.1, 0.15) is 22.5 Å². The Labute approximate surface area is 152 Å². The zero-order valence-electron chi connectivity index (χ0n) is 14.5. The zero-order chi connectivity index (χ0) is 18.4. The first-order chi connectivity index (χ1) is 12.7. The van der Waals surface area contributed by atoms with E-state index in [0.29, 0.717) is 12.8 Å². The molecule has 1 N–H and O–H groups in total. The van der Waals surface area contributed by atoms with Gasteiger partial charge in [-0.15, -0.1) is 0 Å². The summed E-state index contributed by atoms with van der Waals surface area (Å²) in [7, 11) is 1.32. The Morgan fingerprint density at radius 2 is 1.73 bits per heavy atom. The molecule has 3 aromatic rings. The van der Waals surface area contributed by atoms with Gasteiger partial charge in [-0.3, -0.25) is 4.79 Å².